The van der Waals surface area contributed by atoms with E-state index < -0.39 is 0 Å². The number of carbonyl (C=O) groups is 1. The van der Waals surface area contributed by atoms with Crippen LogP contribution < -0.4 is 0 Å². The third-order valence-corrected chi connectivity index (χ3v) is 3.72. The Hall–Kier alpha value is -2.18. The van der Waals surface area contributed by atoms with Crippen LogP contribution in [0.3, 0.4) is 0 Å². The molecule has 2 aromatic heterocycles. The molecule has 1 atom stereocenters. The van der Waals surface area contributed by atoms with Crippen molar-refractivity contribution < 1.29 is 4.79 Å². The highest BCUT2D eigenvalue weighted by atomic mass is 16.2. The summed E-state index contributed by atoms with van der Waals surface area (Å²) in [6.07, 6.45) is 5.31. The lowest BCUT2D eigenvalue weighted by atomic mass is 9.72. The van der Waals surface area contributed by atoms with E-state index in [4.69, 9.17) is 0 Å². The molecule has 0 spiro atoms. The third kappa shape index (κ3) is 1.90. The molecule has 106 valence electrons. The van der Waals surface area contributed by atoms with Gasteiger partial charge in [-0.2, -0.15) is 5.10 Å². The molecule has 2 aromatic rings. The van der Waals surface area contributed by atoms with Gasteiger partial charge in [0.05, 0.1) is 12.2 Å². The van der Waals surface area contributed by atoms with Crippen LogP contribution in [0.1, 0.15) is 36.1 Å². The molecule has 1 fully saturated rings. The molecule has 1 aliphatic heterocycles. The minimum absolute atomic E-state index is 0.0208. The maximum atomic E-state index is 12.5. The Bertz CT molecular complexity index is 655. The fourth-order valence-electron chi connectivity index (χ4n) is 2.89. The van der Waals surface area contributed by atoms with Crippen molar-refractivity contribution in [1.82, 2.24) is 29.4 Å². The van der Waals surface area contributed by atoms with Gasteiger partial charge >= 0.3 is 0 Å². The quantitative estimate of drug-likeness (QED) is 0.811. The van der Waals surface area contributed by atoms with Crippen LogP contribution in [0.5, 0.6) is 0 Å². The van der Waals surface area contributed by atoms with Crippen LogP contribution in [0, 0.1) is 5.41 Å². The lowest BCUT2D eigenvalue weighted by Crippen LogP contribution is -2.58. The van der Waals surface area contributed by atoms with Gasteiger partial charge in [0.15, 0.2) is 0 Å². The topological polar surface area (TPSA) is 68.8 Å². The van der Waals surface area contributed by atoms with Crippen molar-refractivity contribution in [2.75, 3.05) is 6.54 Å². The number of hydrogen-bond acceptors (Lipinski definition) is 4. The van der Waals surface area contributed by atoms with Crippen molar-refractivity contribution in [3.63, 3.8) is 0 Å². The molecule has 0 saturated carbocycles. The minimum atomic E-state index is -0.126. The van der Waals surface area contributed by atoms with E-state index in [1.54, 1.807) is 11.7 Å². The summed E-state index contributed by atoms with van der Waals surface area (Å²) in [5.41, 5.74) is 1.08. The molecular weight excluding hydrogens is 256 g/mol. The highest BCUT2D eigenvalue weighted by Gasteiger charge is 2.50. The Morgan fingerprint density at radius 3 is 2.60 bits per heavy atom. The Labute approximate surface area is 117 Å². The molecule has 20 heavy (non-hydrogen) atoms. The lowest BCUT2D eigenvalue weighted by molar-refractivity contribution is -0.0330. The first-order chi connectivity index (χ1) is 9.38. The second-order valence-electron chi connectivity index (χ2n) is 6.01. The van der Waals surface area contributed by atoms with Crippen LogP contribution in [0.4, 0.5) is 0 Å². The minimum Gasteiger partial charge on any atom is -0.327 e. The average Bonchev–Trinajstić information content (AvgIpc) is 2.95. The Morgan fingerprint density at radius 1 is 1.35 bits per heavy atom. The maximum Gasteiger partial charge on any atom is 0.294 e. The van der Waals surface area contributed by atoms with E-state index in [-0.39, 0.29) is 23.2 Å². The van der Waals surface area contributed by atoms with Gasteiger partial charge in [0.1, 0.15) is 6.33 Å². The molecule has 0 N–H and O–H groups in total. The van der Waals surface area contributed by atoms with Crippen molar-refractivity contribution >= 4 is 5.91 Å². The molecule has 3 rings (SSSR count). The summed E-state index contributed by atoms with van der Waals surface area (Å²) in [5, 5.41) is 8.29. The fraction of sp³-hybridized carbons (Fsp3) is 0.538. The van der Waals surface area contributed by atoms with Gasteiger partial charge in [0, 0.05) is 37.8 Å². The second-order valence-corrected chi connectivity index (χ2v) is 6.01. The summed E-state index contributed by atoms with van der Waals surface area (Å²) in [6.45, 7) is 5.00. The second kappa shape index (κ2) is 4.16. The Morgan fingerprint density at radius 2 is 2.10 bits per heavy atom. The summed E-state index contributed by atoms with van der Waals surface area (Å²) in [5.74, 6) is 0.121. The van der Waals surface area contributed by atoms with E-state index in [1.807, 2.05) is 24.3 Å². The van der Waals surface area contributed by atoms with Gasteiger partial charge in [-0.05, 0) is 0 Å². The highest BCUT2D eigenvalue weighted by molar-refractivity contribution is 5.91. The number of amides is 1. The average molecular weight is 274 g/mol. The largest absolute Gasteiger partial charge is 0.327 e. The molecule has 7 heteroatoms. The van der Waals surface area contributed by atoms with Gasteiger partial charge in [0.25, 0.3) is 5.91 Å². The zero-order valence-electron chi connectivity index (χ0n) is 12.1. The molecule has 0 aromatic carbocycles. The van der Waals surface area contributed by atoms with Gasteiger partial charge < -0.3 is 4.90 Å². The molecule has 3 heterocycles. The summed E-state index contributed by atoms with van der Waals surface area (Å²) in [4.78, 5) is 18.3. The summed E-state index contributed by atoms with van der Waals surface area (Å²) in [6, 6.07) is 0.0208. The zero-order chi connectivity index (χ0) is 14.5. The van der Waals surface area contributed by atoms with E-state index in [0.29, 0.717) is 6.54 Å². The first-order valence-electron chi connectivity index (χ1n) is 6.53. The normalized spacial score (nSPS) is 20.8. The van der Waals surface area contributed by atoms with Crippen LogP contribution in [0.2, 0.25) is 0 Å². The van der Waals surface area contributed by atoms with Gasteiger partial charge in [-0.25, -0.2) is 4.98 Å². The monoisotopic (exact) mass is 274 g/mol. The molecule has 7 nitrogen and oxygen atoms in total. The first-order valence-corrected chi connectivity index (χ1v) is 6.53. The van der Waals surface area contributed by atoms with Crippen molar-refractivity contribution in [3.05, 3.63) is 30.1 Å². The number of hydrogen-bond donors (Lipinski definition) is 0. The fourth-order valence-corrected chi connectivity index (χ4v) is 2.89. The summed E-state index contributed by atoms with van der Waals surface area (Å²) >= 11 is 0. The predicted molar refractivity (Wildman–Crippen MR) is 71.8 cm³/mol. The summed E-state index contributed by atoms with van der Waals surface area (Å²) in [7, 11) is 3.63. The molecule has 1 aliphatic rings. The predicted octanol–water partition coefficient (Wildman–Crippen LogP) is 0.772. The van der Waals surface area contributed by atoms with E-state index >= 15 is 0 Å². The SMILES string of the molecule is Cn1cc(C2N(C(=O)c3ncn(C)n3)CC2(C)C)cn1. The lowest BCUT2D eigenvalue weighted by Gasteiger charge is -2.53. The molecule has 1 saturated heterocycles. The first kappa shape index (κ1) is 12.8. The van der Waals surface area contributed by atoms with Gasteiger partial charge in [-0.15, -0.1) is 5.10 Å². The molecular formula is C13H18N6O. The number of aryl methyl sites for hydroxylation is 2. The number of likely N-dealkylation sites (tertiary alicyclic amines) is 1. The van der Waals surface area contributed by atoms with Crippen molar-refractivity contribution in [1.29, 1.82) is 0 Å². The van der Waals surface area contributed by atoms with Crippen molar-refractivity contribution in [3.8, 4) is 0 Å². The van der Waals surface area contributed by atoms with E-state index in [1.165, 1.54) is 11.0 Å². The smallest absolute Gasteiger partial charge is 0.294 e. The van der Waals surface area contributed by atoms with Crippen LogP contribution in [-0.4, -0.2) is 41.9 Å². The number of aromatic nitrogens is 5. The number of nitrogens with zero attached hydrogens (tertiary/aromatic N) is 6. The van der Waals surface area contributed by atoms with Gasteiger partial charge in [-0.1, -0.05) is 13.8 Å². The van der Waals surface area contributed by atoms with Crippen LogP contribution in [0.15, 0.2) is 18.7 Å². The van der Waals surface area contributed by atoms with E-state index in [2.05, 4.69) is 29.0 Å². The highest BCUT2D eigenvalue weighted by Crippen LogP contribution is 2.48. The summed E-state index contributed by atoms with van der Waals surface area (Å²) < 4.78 is 3.29. The van der Waals surface area contributed by atoms with Crippen molar-refractivity contribution in [2.24, 2.45) is 19.5 Å². The standard InChI is InChI=1S/C13H18N6O/c1-13(2)7-19(10(13)9-5-15-17(3)6-9)12(20)11-14-8-18(4)16-11/h5-6,8,10H,7H2,1-4H3. The zero-order valence-corrected chi connectivity index (χ0v) is 12.1. The Kier molecular flexibility index (Phi) is 2.67. The van der Waals surface area contributed by atoms with Crippen LogP contribution >= 0.6 is 0 Å². The van der Waals surface area contributed by atoms with E-state index in [9.17, 15) is 4.79 Å². The Balaban J connectivity index is 1.89. The van der Waals surface area contributed by atoms with Gasteiger partial charge in [-0.3, -0.25) is 14.2 Å². The molecule has 0 aliphatic carbocycles. The third-order valence-electron chi connectivity index (χ3n) is 3.72. The number of rotatable bonds is 2. The van der Waals surface area contributed by atoms with Crippen LogP contribution in [0.25, 0.3) is 0 Å². The maximum absolute atomic E-state index is 12.5. The van der Waals surface area contributed by atoms with E-state index in [0.717, 1.165) is 5.56 Å². The molecule has 1 unspecified atom stereocenters. The molecule has 0 radical (unpaired) electrons. The molecule has 1 amide bonds. The van der Waals surface area contributed by atoms with Gasteiger partial charge in [0.2, 0.25) is 5.82 Å². The molecule has 0 bridgehead atoms. The van der Waals surface area contributed by atoms with Crippen molar-refractivity contribution in [2.45, 2.75) is 19.9 Å². The number of carbonyl (C=O) groups excluding carboxylic acids is 1. The van der Waals surface area contributed by atoms with Crippen LogP contribution in [-0.2, 0) is 14.1 Å².